The first-order valence-corrected chi connectivity index (χ1v) is 9.16. The number of nitrogens with zero attached hydrogens (tertiary/aromatic N) is 2. The maximum Gasteiger partial charge on any atom is 0.255 e. The highest BCUT2D eigenvalue weighted by Gasteiger charge is 2.14. The lowest BCUT2D eigenvalue weighted by molar-refractivity contribution is 0.0947. The van der Waals surface area contributed by atoms with Gasteiger partial charge in [-0.1, -0.05) is 60.7 Å². The molecule has 0 radical (unpaired) electrons. The van der Waals surface area contributed by atoms with Crippen LogP contribution in [0.3, 0.4) is 0 Å². The Balaban J connectivity index is 1.58. The Morgan fingerprint density at radius 1 is 0.964 bits per heavy atom. The van der Waals surface area contributed by atoms with Gasteiger partial charge in [-0.3, -0.25) is 9.48 Å². The summed E-state index contributed by atoms with van der Waals surface area (Å²) in [4.78, 5) is 12.6. The van der Waals surface area contributed by atoms with Crippen LogP contribution in [0, 0.1) is 0 Å². The summed E-state index contributed by atoms with van der Waals surface area (Å²) >= 11 is 0. The number of para-hydroxylation sites is 2. The van der Waals surface area contributed by atoms with Crippen LogP contribution in [0.5, 0.6) is 5.75 Å². The second-order valence-electron chi connectivity index (χ2n) is 6.49. The number of carbonyl (C=O) groups excluding carboxylic acids is 1. The maximum absolute atomic E-state index is 12.6. The molecular formula is C23H21N3O2. The summed E-state index contributed by atoms with van der Waals surface area (Å²) in [5.41, 5.74) is 3.58. The second kappa shape index (κ2) is 7.96. The first kappa shape index (κ1) is 17.8. The lowest BCUT2D eigenvalue weighted by Gasteiger charge is -2.08. The third kappa shape index (κ3) is 3.60. The Morgan fingerprint density at radius 2 is 1.68 bits per heavy atom. The van der Waals surface area contributed by atoms with Crippen molar-refractivity contribution in [2.24, 2.45) is 0 Å². The lowest BCUT2D eigenvalue weighted by Crippen LogP contribution is -2.23. The van der Waals surface area contributed by atoms with Gasteiger partial charge in [0.15, 0.2) is 0 Å². The monoisotopic (exact) mass is 371 g/mol. The molecule has 0 bridgehead atoms. The summed E-state index contributed by atoms with van der Waals surface area (Å²) < 4.78 is 7.26. The molecule has 5 heteroatoms. The Bertz CT molecular complexity index is 1100. The van der Waals surface area contributed by atoms with E-state index in [1.54, 1.807) is 19.2 Å². The van der Waals surface area contributed by atoms with E-state index < -0.39 is 0 Å². The topological polar surface area (TPSA) is 56.1 Å². The summed E-state index contributed by atoms with van der Waals surface area (Å²) in [7, 11) is 1.56. The van der Waals surface area contributed by atoms with Crippen LogP contribution in [0.1, 0.15) is 21.6 Å². The lowest BCUT2D eigenvalue weighted by atomic mass is 10.1. The molecule has 0 saturated heterocycles. The Labute approximate surface area is 163 Å². The summed E-state index contributed by atoms with van der Waals surface area (Å²) in [6.45, 7) is 1.03. The number of amides is 1. The molecule has 1 amide bonds. The Hall–Kier alpha value is -3.60. The molecule has 5 nitrogen and oxygen atoms in total. The van der Waals surface area contributed by atoms with Crippen molar-refractivity contribution in [3.05, 3.63) is 95.7 Å². The number of fused-ring (bicyclic) bond motifs is 1. The van der Waals surface area contributed by atoms with Gasteiger partial charge >= 0.3 is 0 Å². The molecule has 0 aliphatic heterocycles. The van der Waals surface area contributed by atoms with Gasteiger partial charge < -0.3 is 10.1 Å². The summed E-state index contributed by atoms with van der Waals surface area (Å²) in [6, 6.07) is 25.5. The highest BCUT2D eigenvalue weighted by atomic mass is 16.5. The molecule has 4 rings (SSSR count). The third-order valence-corrected chi connectivity index (χ3v) is 4.68. The van der Waals surface area contributed by atoms with E-state index in [9.17, 15) is 4.79 Å². The molecule has 28 heavy (non-hydrogen) atoms. The van der Waals surface area contributed by atoms with E-state index in [0.29, 0.717) is 24.4 Å². The van der Waals surface area contributed by atoms with Crippen molar-refractivity contribution in [1.82, 2.24) is 15.1 Å². The highest BCUT2D eigenvalue weighted by molar-refractivity contribution is 5.97. The van der Waals surface area contributed by atoms with Crippen molar-refractivity contribution in [2.75, 3.05) is 7.11 Å². The van der Waals surface area contributed by atoms with E-state index in [-0.39, 0.29) is 5.91 Å². The molecule has 0 unspecified atom stereocenters. The van der Waals surface area contributed by atoms with Gasteiger partial charge in [-0.25, -0.2) is 0 Å². The molecule has 1 heterocycles. The largest absolute Gasteiger partial charge is 0.496 e. The van der Waals surface area contributed by atoms with E-state index in [1.807, 2.05) is 53.2 Å². The van der Waals surface area contributed by atoms with Crippen molar-refractivity contribution >= 4 is 16.8 Å². The predicted molar refractivity (Wildman–Crippen MR) is 109 cm³/mol. The number of hydrogen-bond acceptors (Lipinski definition) is 3. The first-order valence-electron chi connectivity index (χ1n) is 9.16. The SMILES string of the molecule is COc1ccccc1C(=O)NCc1nn(Cc2ccccc2)c2ccccc12. The van der Waals surface area contributed by atoms with E-state index >= 15 is 0 Å². The quantitative estimate of drug-likeness (QED) is 0.557. The Kier molecular flexibility index (Phi) is 5.06. The molecule has 3 aromatic carbocycles. The van der Waals surface area contributed by atoms with Gasteiger partial charge in [-0.05, 0) is 23.8 Å². The standard InChI is InChI=1S/C23H21N3O2/c1-28-22-14-8-6-12-19(22)23(27)24-15-20-18-11-5-7-13-21(18)26(25-20)16-17-9-3-2-4-10-17/h2-14H,15-16H2,1H3,(H,24,27). The second-order valence-corrected chi connectivity index (χ2v) is 6.49. The van der Waals surface area contributed by atoms with Crippen LogP contribution >= 0.6 is 0 Å². The fourth-order valence-electron chi connectivity index (χ4n) is 3.30. The summed E-state index contributed by atoms with van der Waals surface area (Å²) in [5, 5.41) is 8.77. The minimum atomic E-state index is -0.181. The third-order valence-electron chi connectivity index (χ3n) is 4.68. The normalized spacial score (nSPS) is 10.8. The van der Waals surface area contributed by atoms with Crippen LogP contribution in [0.4, 0.5) is 0 Å². The molecular weight excluding hydrogens is 350 g/mol. The van der Waals surface area contributed by atoms with E-state index in [1.165, 1.54) is 5.56 Å². The molecule has 0 saturated carbocycles. The molecule has 0 aliphatic carbocycles. The number of rotatable bonds is 6. The smallest absolute Gasteiger partial charge is 0.255 e. The summed E-state index contributed by atoms with van der Waals surface area (Å²) in [5.74, 6) is 0.374. The van der Waals surface area contributed by atoms with E-state index in [4.69, 9.17) is 9.84 Å². The number of carbonyl (C=O) groups is 1. The van der Waals surface area contributed by atoms with Gasteiger partial charge in [0, 0.05) is 5.39 Å². The zero-order valence-electron chi connectivity index (χ0n) is 15.6. The summed E-state index contributed by atoms with van der Waals surface area (Å²) in [6.07, 6.45) is 0. The van der Waals surface area contributed by atoms with Crippen LogP contribution in [-0.4, -0.2) is 22.8 Å². The average molecular weight is 371 g/mol. The van der Waals surface area contributed by atoms with Gasteiger partial charge in [-0.2, -0.15) is 5.10 Å². The van der Waals surface area contributed by atoms with Gasteiger partial charge in [-0.15, -0.1) is 0 Å². The highest BCUT2D eigenvalue weighted by Crippen LogP contribution is 2.21. The van der Waals surface area contributed by atoms with E-state index in [2.05, 4.69) is 23.5 Å². The van der Waals surface area contributed by atoms with Gasteiger partial charge in [0.1, 0.15) is 5.75 Å². The maximum atomic E-state index is 12.6. The van der Waals surface area contributed by atoms with Crippen molar-refractivity contribution in [1.29, 1.82) is 0 Å². The first-order chi connectivity index (χ1) is 13.8. The van der Waals surface area contributed by atoms with Gasteiger partial charge in [0.05, 0.1) is 37.0 Å². The molecule has 0 spiro atoms. The zero-order chi connectivity index (χ0) is 19.3. The van der Waals surface area contributed by atoms with Gasteiger partial charge in [0.2, 0.25) is 0 Å². The molecule has 140 valence electrons. The minimum absolute atomic E-state index is 0.181. The van der Waals surface area contributed by atoms with E-state index in [0.717, 1.165) is 16.6 Å². The van der Waals surface area contributed by atoms with Crippen molar-refractivity contribution in [2.45, 2.75) is 13.1 Å². The zero-order valence-corrected chi connectivity index (χ0v) is 15.6. The molecule has 0 aliphatic rings. The van der Waals surface area contributed by atoms with Crippen LogP contribution < -0.4 is 10.1 Å². The van der Waals surface area contributed by atoms with Crippen molar-refractivity contribution in [3.8, 4) is 5.75 Å². The number of ether oxygens (including phenoxy) is 1. The number of aromatic nitrogens is 2. The molecule has 1 aromatic heterocycles. The Morgan fingerprint density at radius 3 is 2.50 bits per heavy atom. The molecule has 0 atom stereocenters. The average Bonchev–Trinajstić information content (AvgIpc) is 3.10. The number of benzene rings is 3. The molecule has 1 N–H and O–H groups in total. The molecule has 4 aromatic rings. The number of hydrogen-bond donors (Lipinski definition) is 1. The number of methoxy groups -OCH3 is 1. The fourth-order valence-corrected chi connectivity index (χ4v) is 3.30. The van der Waals surface area contributed by atoms with Gasteiger partial charge in [0.25, 0.3) is 5.91 Å². The van der Waals surface area contributed by atoms with Crippen LogP contribution in [-0.2, 0) is 13.1 Å². The van der Waals surface area contributed by atoms with Crippen LogP contribution in [0.15, 0.2) is 78.9 Å². The van der Waals surface area contributed by atoms with Crippen LogP contribution in [0.2, 0.25) is 0 Å². The van der Waals surface area contributed by atoms with Crippen LogP contribution in [0.25, 0.3) is 10.9 Å². The minimum Gasteiger partial charge on any atom is -0.496 e. The van der Waals surface area contributed by atoms with Crippen molar-refractivity contribution < 1.29 is 9.53 Å². The number of nitrogens with one attached hydrogen (secondary N) is 1. The molecule has 0 fully saturated rings. The predicted octanol–water partition coefficient (Wildman–Crippen LogP) is 4.02. The van der Waals surface area contributed by atoms with Crippen molar-refractivity contribution in [3.63, 3.8) is 0 Å². The fraction of sp³-hybridized carbons (Fsp3) is 0.130.